The molecule has 0 amide bonds. The molecule has 1 aromatic heterocycles. The van der Waals surface area contributed by atoms with Gasteiger partial charge in [0.2, 0.25) is 0 Å². The summed E-state index contributed by atoms with van der Waals surface area (Å²) in [5, 5.41) is 17.6. The largest absolute Gasteiger partial charge is 0.430 e. The molecule has 0 spiro atoms. The molecule has 0 unspecified atom stereocenters. The van der Waals surface area contributed by atoms with E-state index < -0.39 is 78.2 Å². The second-order valence-electron chi connectivity index (χ2n) is 9.83. The first-order valence-electron chi connectivity index (χ1n) is 13.6. The minimum absolute atomic E-state index is 0.0417. The number of alkyl halides is 10. The molecule has 1 aromatic rings. The highest BCUT2D eigenvalue weighted by atomic mass is 32.2. The molecule has 0 atom stereocenters. The summed E-state index contributed by atoms with van der Waals surface area (Å²) in [5.41, 5.74) is -4.95. The van der Waals surface area contributed by atoms with Crippen molar-refractivity contribution >= 4 is 23.5 Å². The molecule has 0 bridgehead atoms. The maximum atomic E-state index is 14.7. The van der Waals surface area contributed by atoms with Gasteiger partial charge in [-0.2, -0.15) is 67.4 Å². The molecule has 9 nitrogen and oxygen atoms in total. The van der Waals surface area contributed by atoms with Crippen LogP contribution in [0.4, 0.5) is 43.9 Å². The number of aliphatic hydroxyl groups excluding tert-OH is 2. The van der Waals surface area contributed by atoms with Crippen LogP contribution < -0.4 is 17.1 Å². The lowest BCUT2D eigenvalue weighted by Gasteiger charge is -2.34. The van der Waals surface area contributed by atoms with Crippen molar-refractivity contribution in [1.82, 2.24) is 13.7 Å². The van der Waals surface area contributed by atoms with Gasteiger partial charge in [-0.1, -0.05) is 0 Å². The first-order valence-corrected chi connectivity index (χ1v) is 15.9. The zero-order valence-electron chi connectivity index (χ0n) is 24.1. The summed E-state index contributed by atoms with van der Waals surface area (Å²) in [6, 6.07) is 0. The van der Waals surface area contributed by atoms with Gasteiger partial charge >= 0.3 is 47.1 Å². The first kappa shape index (κ1) is 41.3. The number of aromatic nitrogens is 3. The number of thioether (sulfide) groups is 2. The summed E-state index contributed by atoms with van der Waals surface area (Å²) < 4.78 is 140. The second kappa shape index (κ2) is 17.4. The fourth-order valence-electron chi connectivity index (χ4n) is 3.53. The Kier molecular flexibility index (Phi) is 16.0. The van der Waals surface area contributed by atoms with Gasteiger partial charge in [-0.3, -0.25) is 0 Å². The van der Waals surface area contributed by atoms with E-state index in [0.29, 0.717) is 57.8 Å². The maximum absolute atomic E-state index is 14.7. The van der Waals surface area contributed by atoms with Crippen molar-refractivity contribution in [3.05, 3.63) is 31.5 Å². The molecule has 1 rings (SSSR count). The Morgan fingerprint density at radius 3 is 1.36 bits per heavy atom. The van der Waals surface area contributed by atoms with Crippen molar-refractivity contribution < 1.29 is 58.9 Å². The van der Waals surface area contributed by atoms with Crippen molar-refractivity contribution in [2.24, 2.45) is 0 Å². The standard InChI is InChI=1S/C24H35F10N3O6S2/c1-20(25,26)22(29,30)24(33,34)43-23(31,32)21(27,28)16-37-18(41)35(8-6-14-44-12-4-2-10-38)17(40)36(19(37)42)9-7-15-45-13-5-3-11-39/h38-39H,2-16H2,1H3. The summed E-state index contributed by atoms with van der Waals surface area (Å²) in [7, 11) is 0. The van der Waals surface area contributed by atoms with E-state index in [0.717, 1.165) is 0 Å². The van der Waals surface area contributed by atoms with Gasteiger partial charge in [0.25, 0.3) is 0 Å². The Labute approximate surface area is 258 Å². The number of hydrogen-bond donors (Lipinski definition) is 2. The van der Waals surface area contributed by atoms with Crippen LogP contribution in [0.2, 0.25) is 0 Å². The van der Waals surface area contributed by atoms with Gasteiger partial charge in [0.15, 0.2) is 0 Å². The third-order valence-corrected chi connectivity index (χ3v) is 8.38. The molecular formula is C24H35F10N3O6S2. The molecule has 0 aliphatic rings. The topological polar surface area (TPSA) is 116 Å². The minimum atomic E-state index is -6.84. The van der Waals surface area contributed by atoms with Crippen molar-refractivity contribution in [2.45, 2.75) is 95.1 Å². The molecule has 0 aliphatic heterocycles. The highest BCUT2D eigenvalue weighted by Crippen LogP contribution is 2.50. The van der Waals surface area contributed by atoms with Crippen molar-refractivity contribution in [3.63, 3.8) is 0 Å². The van der Waals surface area contributed by atoms with Crippen LogP contribution >= 0.6 is 23.5 Å². The van der Waals surface area contributed by atoms with E-state index in [4.69, 9.17) is 10.2 Å². The van der Waals surface area contributed by atoms with E-state index in [2.05, 4.69) is 4.74 Å². The summed E-state index contributed by atoms with van der Waals surface area (Å²) in [6.07, 6.45) is -11.1. The average molecular weight is 716 g/mol. The van der Waals surface area contributed by atoms with Crippen LogP contribution in [0.1, 0.15) is 45.4 Å². The van der Waals surface area contributed by atoms with Crippen LogP contribution in [0.3, 0.4) is 0 Å². The van der Waals surface area contributed by atoms with E-state index in [1.54, 1.807) is 0 Å². The van der Waals surface area contributed by atoms with E-state index in [-0.39, 0.29) is 26.1 Å². The minimum Gasteiger partial charge on any atom is -0.396 e. The fraction of sp³-hybridized carbons (Fsp3) is 0.875. The number of rotatable bonds is 23. The van der Waals surface area contributed by atoms with Crippen LogP contribution in [0.15, 0.2) is 14.4 Å². The molecule has 1 heterocycles. The molecule has 0 radical (unpaired) electrons. The molecule has 21 heteroatoms. The normalized spacial score (nSPS) is 13.5. The summed E-state index contributed by atoms with van der Waals surface area (Å²) in [5.74, 6) is -16.7. The number of ether oxygens (including phenoxy) is 1. The summed E-state index contributed by atoms with van der Waals surface area (Å²) >= 11 is 2.68. The van der Waals surface area contributed by atoms with E-state index in [9.17, 15) is 58.3 Å². The smallest absolute Gasteiger partial charge is 0.396 e. The molecule has 2 N–H and O–H groups in total. The van der Waals surface area contributed by atoms with Crippen LogP contribution in [0.25, 0.3) is 0 Å². The lowest BCUT2D eigenvalue weighted by molar-refractivity contribution is -0.485. The lowest BCUT2D eigenvalue weighted by Crippen LogP contribution is -2.61. The number of nitrogens with zero attached hydrogens (tertiary/aromatic N) is 3. The van der Waals surface area contributed by atoms with Crippen LogP contribution in [-0.2, 0) is 24.4 Å². The Balaban J connectivity index is 3.39. The molecule has 0 aromatic carbocycles. The van der Waals surface area contributed by atoms with Crippen molar-refractivity contribution in [1.29, 1.82) is 0 Å². The highest BCUT2D eigenvalue weighted by molar-refractivity contribution is 7.99. The molecule has 0 aliphatic carbocycles. The second-order valence-corrected chi connectivity index (χ2v) is 12.3. The van der Waals surface area contributed by atoms with Crippen LogP contribution in [0, 0.1) is 0 Å². The van der Waals surface area contributed by atoms with E-state index >= 15 is 0 Å². The zero-order valence-corrected chi connectivity index (χ0v) is 25.7. The number of aliphatic hydroxyl groups is 2. The number of halogens is 10. The zero-order chi connectivity index (χ0) is 34.7. The van der Waals surface area contributed by atoms with Gasteiger partial charge in [-0.05, 0) is 61.5 Å². The maximum Gasteiger partial charge on any atom is 0.430 e. The van der Waals surface area contributed by atoms with Crippen LogP contribution in [0.5, 0.6) is 0 Å². The Morgan fingerprint density at radius 2 is 0.978 bits per heavy atom. The van der Waals surface area contributed by atoms with E-state index in [1.807, 2.05) is 0 Å². The molecule has 264 valence electrons. The van der Waals surface area contributed by atoms with Crippen LogP contribution in [-0.4, -0.2) is 90.1 Å². The van der Waals surface area contributed by atoms with Gasteiger partial charge < -0.3 is 10.2 Å². The summed E-state index contributed by atoms with van der Waals surface area (Å²) in [6.45, 7) is -4.60. The SMILES string of the molecule is CC(F)(F)C(F)(F)C(F)(F)OC(F)(F)C(F)(F)Cn1c(=O)n(CCCSCCCCO)c(=O)n(CCCSCCCCO)c1=O. The molecule has 0 saturated carbocycles. The number of hydrogen-bond acceptors (Lipinski definition) is 8. The van der Waals surface area contributed by atoms with E-state index in [1.165, 1.54) is 23.5 Å². The first-order chi connectivity index (χ1) is 20.7. The number of unbranched alkanes of at least 4 members (excludes halogenated alkanes) is 2. The highest BCUT2D eigenvalue weighted by Gasteiger charge is 2.75. The molecular weight excluding hydrogens is 680 g/mol. The van der Waals surface area contributed by atoms with Gasteiger partial charge in [-0.25, -0.2) is 32.8 Å². The fourth-order valence-corrected chi connectivity index (χ4v) is 5.42. The predicted octanol–water partition coefficient (Wildman–Crippen LogP) is 4.09. The Hall–Kier alpha value is -1.71. The lowest BCUT2D eigenvalue weighted by atomic mass is 10.2. The molecule has 0 fully saturated rings. The van der Waals surface area contributed by atoms with Gasteiger partial charge in [-0.15, -0.1) is 0 Å². The molecule has 0 saturated heterocycles. The van der Waals surface area contributed by atoms with Gasteiger partial charge in [0.1, 0.15) is 6.54 Å². The third-order valence-electron chi connectivity index (χ3n) is 6.08. The van der Waals surface area contributed by atoms with Gasteiger partial charge in [0, 0.05) is 33.2 Å². The summed E-state index contributed by atoms with van der Waals surface area (Å²) in [4.78, 5) is 38.7. The average Bonchev–Trinajstić information content (AvgIpc) is 2.92. The monoisotopic (exact) mass is 715 g/mol. The predicted molar refractivity (Wildman–Crippen MR) is 147 cm³/mol. The molecule has 45 heavy (non-hydrogen) atoms. The quantitative estimate of drug-likeness (QED) is 0.129. The Bertz CT molecular complexity index is 1180. The van der Waals surface area contributed by atoms with Gasteiger partial charge in [0.05, 0.1) is 0 Å². The Morgan fingerprint density at radius 1 is 0.600 bits per heavy atom. The van der Waals surface area contributed by atoms with Crippen molar-refractivity contribution in [2.75, 3.05) is 36.2 Å². The van der Waals surface area contributed by atoms with Crippen molar-refractivity contribution in [3.8, 4) is 0 Å². The third kappa shape index (κ3) is 11.2.